The van der Waals surface area contributed by atoms with Crippen LogP contribution in [-0.2, 0) is 9.57 Å². The van der Waals surface area contributed by atoms with Gasteiger partial charge in [0.05, 0.1) is 10.0 Å². The number of aliphatic imine (C=N–C) groups is 1. The number of carbonyl (C=O) groups is 1. The van der Waals surface area contributed by atoms with E-state index in [4.69, 9.17) is 33.7 Å². The maximum atomic E-state index is 12.0. The van der Waals surface area contributed by atoms with Crippen LogP contribution in [0, 0.1) is 10.1 Å². The van der Waals surface area contributed by atoms with Gasteiger partial charge in [-0.2, -0.15) is 0 Å². The first-order valence-corrected chi connectivity index (χ1v) is 7.42. The molecule has 0 saturated carbocycles. The molecule has 24 heavy (non-hydrogen) atoms. The second-order valence-corrected chi connectivity index (χ2v) is 5.33. The van der Waals surface area contributed by atoms with Crippen molar-refractivity contribution in [3.63, 3.8) is 0 Å². The second-order valence-electron chi connectivity index (χ2n) is 4.52. The Bertz CT molecular complexity index is 661. The topological polar surface area (TPSA) is 132 Å². The third kappa shape index (κ3) is 4.52. The van der Waals surface area contributed by atoms with Crippen LogP contribution in [0.3, 0.4) is 0 Å². The fourth-order valence-corrected chi connectivity index (χ4v) is 2.46. The lowest BCUT2D eigenvalue weighted by molar-refractivity contribution is -0.757. The number of nitrogens with zero attached hydrogens (tertiary/aromatic N) is 3. The summed E-state index contributed by atoms with van der Waals surface area (Å²) in [5, 5.41) is 12.4. The van der Waals surface area contributed by atoms with Crippen molar-refractivity contribution in [1.82, 2.24) is 10.2 Å². The molecule has 0 aliphatic carbocycles. The summed E-state index contributed by atoms with van der Waals surface area (Å²) >= 11 is 12.1. The second kappa shape index (κ2) is 7.88. The standard InChI is InChI=1S/C12H13Cl2N5O5/c13-8-5-7(15)6-9(14)10(8)17-11-16-1-2-18(11)12(20)23-3-4-24-19(21)22/h5-6H,1-4,15H2,(H,16,17). The molecule has 1 amide bonds. The number of amides is 1. The summed E-state index contributed by atoms with van der Waals surface area (Å²) < 4.78 is 4.87. The lowest BCUT2D eigenvalue weighted by Crippen LogP contribution is -2.36. The SMILES string of the molecule is Nc1cc(Cl)c(/N=C2\NCCN2C(=O)OCCO[N+](=O)[O-])c(Cl)c1. The highest BCUT2D eigenvalue weighted by molar-refractivity contribution is 6.39. The van der Waals surface area contributed by atoms with Gasteiger partial charge in [0.15, 0.2) is 0 Å². The highest BCUT2D eigenvalue weighted by Crippen LogP contribution is 2.35. The predicted molar refractivity (Wildman–Crippen MR) is 87.0 cm³/mol. The minimum absolute atomic E-state index is 0.198. The molecule has 10 nitrogen and oxygen atoms in total. The number of anilines is 1. The zero-order chi connectivity index (χ0) is 17.7. The quantitative estimate of drug-likeness (QED) is 0.346. The van der Waals surface area contributed by atoms with E-state index in [1.807, 2.05) is 0 Å². The molecule has 3 N–H and O–H groups in total. The minimum atomic E-state index is -0.969. The van der Waals surface area contributed by atoms with Crippen LogP contribution in [-0.4, -0.2) is 48.3 Å². The molecule has 1 aromatic carbocycles. The van der Waals surface area contributed by atoms with Crippen LogP contribution in [0.1, 0.15) is 0 Å². The maximum Gasteiger partial charge on any atom is 0.416 e. The first kappa shape index (κ1) is 17.9. The summed E-state index contributed by atoms with van der Waals surface area (Å²) in [5.74, 6) is 0.198. The van der Waals surface area contributed by atoms with Crippen molar-refractivity contribution in [3.05, 3.63) is 32.3 Å². The Morgan fingerprint density at radius 3 is 2.71 bits per heavy atom. The molecule has 0 bridgehead atoms. The number of nitrogen functional groups attached to an aromatic ring is 1. The molecule has 1 aliphatic rings. The Morgan fingerprint density at radius 1 is 1.42 bits per heavy atom. The highest BCUT2D eigenvalue weighted by Gasteiger charge is 2.26. The molecule has 1 aliphatic heterocycles. The third-order valence-electron chi connectivity index (χ3n) is 2.86. The number of halogens is 2. The van der Waals surface area contributed by atoms with Crippen LogP contribution in [0.4, 0.5) is 16.2 Å². The normalized spacial score (nSPS) is 15.2. The fourth-order valence-electron chi connectivity index (χ4n) is 1.88. The van der Waals surface area contributed by atoms with Gasteiger partial charge in [0, 0.05) is 18.8 Å². The van der Waals surface area contributed by atoms with Gasteiger partial charge in [-0.15, -0.1) is 10.1 Å². The summed E-state index contributed by atoms with van der Waals surface area (Å²) in [6.45, 7) is 0.122. The molecule has 1 heterocycles. The molecule has 130 valence electrons. The Kier molecular flexibility index (Phi) is 5.88. The number of nitrogens with one attached hydrogen (secondary N) is 1. The minimum Gasteiger partial charge on any atom is -0.447 e. The van der Waals surface area contributed by atoms with Crippen molar-refractivity contribution in [1.29, 1.82) is 0 Å². The van der Waals surface area contributed by atoms with Gasteiger partial charge < -0.3 is 20.6 Å². The zero-order valence-electron chi connectivity index (χ0n) is 12.2. The first-order valence-electron chi connectivity index (χ1n) is 6.67. The van der Waals surface area contributed by atoms with Crippen molar-refractivity contribution in [2.75, 3.05) is 32.0 Å². The number of nitrogens with two attached hydrogens (primary N) is 1. The molecule has 0 atom stereocenters. The van der Waals surface area contributed by atoms with Crippen molar-refractivity contribution < 1.29 is 19.5 Å². The first-order chi connectivity index (χ1) is 11.4. The van der Waals surface area contributed by atoms with E-state index < -0.39 is 11.2 Å². The smallest absolute Gasteiger partial charge is 0.416 e. The average molecular weight is 378 g/mol. The number of guanidine groups is 1. The van der Waals surface area contributed by atoms with Crippen LogP contribution >= 0.6 is 23.2 Å². The highest BCUT2D eigenvalue weighted by atomic mass is 35.5. The number of hydrogen-bond acceptors (Lipinski definition) is 7. The Balaban J connectivity index is 2.07. The fraction of sp³-hybridized carbons (Fsp3) is 0.333. The number of hydrogen-bond donors (Lipinski definition) is 2. The van der Waals surface area contributed by atoms with Crippen LogP contribution in [0.25, 0.3) is 0 Å². The van der Waals surface area contributed by atoms with Gasteiger partial charge in [0.25, 0.3) is 5.09 Å². The van der Waals surface area contributed by atoms with Gasteiger partial charge in [0.1, 0.15) is 18.9 Å². The monoisotopic (exact) mass is 377 g/mol. The molecule has 1 aromatic rings. The Labute approximate surface area is 146 Å². The molecular weight excluding hydrogens is 365 g/mol. The molecule has 2 rings (SSSR count). The van der Waals surface area contributed by atoms with Crippen LogP contribution in [0.5, 0.6) is 0 Å². The summed E-state index contributed by atoms with van der Waals surface area (Å²) in [5.41, 5.74) is 6.26. The van der Waals surface area contributed by atoms with Gasteiger partial charge in [0.2, 0.25) is 5.96 Å². The van der Waals surface area contributed by atoms with Crippen molar-refractivity contribution in [2.24, 2.45) is 4.99 Å². The van der Waals surface area contributed by atoms with E-state index in [0.717, 1.165) is 0 Å². The largest absolute Gasteiger partial charge is 0.447 e. The lowest BCUT2D eigenvalue weighted by atomic mass is 10.3. The number of carbonyl (C=O) groups excluding carboxylic acids is 1. The summed E-state index contributed by atoms with van der Waals surface area (Å²) in [6.07, 6.45) is -0.728. The Morgan fingerprint density at radius 2 is 2.08 bits per heavy atom. The van der Waals surface area contributed by atoms with E-state index in [-0.39, 0.29) is 34.9 Å². The van der Waals surface area contributed by atoms with E-state index in [1.165, 1.54) is 17.0 Å². The van der Waals surface area contributed by atoms with Crippen molar-refractivity contribution >= 4 is 46.6 Å². The van der Waals surface area contributed by atoms with E-state index >= 15 is 0 Å². The molecular formula is C12H13Cl2N5O5. The van der Waals surface area contributed by atoms with E-state index in [0.29, 0.717) is 18.8 Å². The number of rotatable bonds is 5. The Hall–Kier alpha value is -2.46. The van der Waals surface area contributed by atoms with E-state index in [9.17, 15) is 14.9 Å². The molecule has 1 saturated heterocycles. The molecule has 0 unspecified atom stereocenters. The number of benzene rings is 1. The lowest BCUT2D eigenvalue weighted by Gasteiger charge is -2.16. The van der Waals surface area contributed by atoms with Gasteiger partial charge in [-0.3, -0.25) is 0 Å². The zero-order valence-corrected chi connectivity index (χ0v) is 13.7. The molecule has 12 heteroatoms. The molecule has 1 fully saturated rings. The molecule has 0 aromatic heterocycles. The van der Waals surface area contributed by atoms with Crippen LogP contribution < -0.4 is 11.1 Å². The van der Waals surface area contributed by atoms with Crippen molar-refractivity contribution in [2.45, 2.75) is 0 Å². The summed E-state index contributed by atoms with van der Waals surface area (Å²) in [6, 6.07) is 2.97. The van der Waals surface area contributed by atoms with Gasteiger partial charge in [-0.25, -0.2) is 14.7 Å². The van der Waals surface area contributed by atoms with Gasteiger partial charge in [-0.05, 0) is 12.1 Å². The average Bonchev–Trinajstić information content (AvgIpc) is 2.95. The van der Waals surface area contributed by atoms with Crippen LogP contribution in [0.15, 0.2) is 17.1 Å². The van der Waals surface area contributed by atoms with Gasteiger partial charge >= 0.3 is 6.09 Å². The molecule has 0 spiro atoms. The maximum absolute atomic E-state index is 12.0. The number of ether oxygens (including phenoxy) is 1. The van der Waals surface area contributed by atoms with Crippen LogP contribution in [0.2, 0.25) is 10.0 Å². The molecule has 0 radical (unpaired) electrons. The summed E-state index contributed by atoms with van der Waals surface area (Å²) in [7, 11) is 0. The third-order valence-corrected chi connectivity index (χ3v) is 3.43. The van der Waals surface area contributed by atoms with E-state index in [1.54, 1.807) is 0 Å². The predicted octanol–water partition coefficient (Wildman–Crippen LogP) is 1.81. The van der Waals surface area contributed by atoms with E-state index in [2.05, 4.69) is 15.1 Å². The van der Waals surface area contributed by atoms with Crippen molar-refractivity contribution in [3.8, 4) is 0 Å². The summed E-state index contributed by atoms with van der Waals surface area (Å²) in [4.78, 5) is 31.5. The van der Waals surface area contributed by atoms with Gasteiger partial charge in [-0.1, -0.05) is 23.2 Å².